The Hall–Kier alpha value is -1.07. The fourth-order valence-corrected chi connectivity index (χ4v) is 3.22. The van der Waals surface area contributed by atoms with E-state index in [0.717, 1.165) is 12.2 Å². The number of anilines is 1. The van der Waals surface area contributed by atoms with Crippen molar-refractivity contribution >= 4 is 5.82 Å². The van der Waals surface area contributed by atoms with Gasteiger partial charge in [0.15, 0.2) is 0 Å². The number of rotatable bonds is 6. The van der Waals surface area contributed by atoms with Crippen molar-refractivity contribution in [1.82, 2.24) is 15.1 Å². The van der Waals surface area contributed by atoms with Crippen molar-refractivity contribution in [1.29, 1.82) is 0 Å². The van der Waals surface area contributed by atoms with E-state index >= 15 is 0 Å². The summed E-state index contributed by atoms with van der Waals surface area (Å²) in [5.41, 5.74) is 2.33. The molecule has 108 valence electrons. The van der Waals surface area contributed by atoms with Crippen molar-refractivity contribution < 1.29 is 5.11 Å². The number of aliphatic hydroxyl groups is 1. The molecule has 0 spiro atoms. The van der Waals surface area contributed by atoms with Crippen molar-refractivity contribution in [3.05, 3.63) is 11.3 Å². The Balaban J connectivity index is 2.34. The van der Waals surface area contributed by atoms with Gasteiger partial charge >= 0.3 is 0 Å². The summed E-state index contributed by atoms with van der Waals surface area (Å²) in [5.74, 6) is 1.17. The Kier molecular flexibility index (Phi) is 4.82. The highest BCUT2D eigenvalue weighted by atomic mass is 16.3. The summed E-state index contributed by atoms with van der Waals surface area (Å²) in [6.45, 7) is 3.77. The minimum atomic E-state index is 0.194. The van der Waals surface area contributed by atoms with Crippen LogP contribution < -0.4 is 10.2 Å². The van der Waals surface area contributed by atoms with Crippen molar-refractivity contribution in [2.24, 2.45) is 7.05 Å². The van der Waals surface area contributed by atoms with Crippen LogP contribution in [0, 0.1) is 6.92 Å². The zero-order chi connectivity index (χ0) is 13.8. The SMILES string of the molecule is CNCc1c(C)nn(C)c1N(CCO)C1CCCC1. The molecule has 5 heteroatoms. The first-order valence-electron chi connectivity index (χ1n) is 7.23. The van der Waals surface area contributed by atoms with E-state index in [4.69, 9.17) is 0 Å². The Bertz CT molecular complexity index is 410. The molecule has 0 saturated heterocycles. The number of nitrogens with zero attached hydrogens (tertiary/aromatic N) is 3. The maximum absolute atomic E-state index is 9.39. The second kappa shape index (κ2) is 6.39. The number of aliphatic hydroxyl groups excluding tert-OH is 1. The highest BCUT2D eigenvalue weighted by molar-refractivity contribution is 5.51. The number of hydrogen-bond donors (Lipinski definition) is 2. The van der Waals surface area contributed by atoms with Gasteiger partial charge in [0.1, 0.15) is 5.82 Å². The molecule has 2 rings (SSSR count). The van der Waals surface area contributed by atoms with E-state index in [-0.39, 0.29) is 6.61 Å². The van der Waals surface area contributed by atoms with Crippen LogP contribution in [0.5, 0.6) is 0 Å². The molecule has 1 saturated carbocycles. The molecular weight excluding hydrogens is 240 g/mol. The molecule has 0 aliphatic heterocycles. The molecule has 2 N–H and O–H groups in total. The van der Waals surface area contributed by atoms with Crippen LogP contribution in [-0.2, 0) is 13.6 Å². The standard InChI is InChI=1S/C14H26N4O/c1-11-13(10-15-2)14(17(3)16-11)18(8-9-19)12-6-4-5-7-12/h12,15,19H,4-10H2,1-3H3. The van der Waals surface area contributed by atoms with E-state index in [9.17, 15) is 5.11 Å². The van der Waals surface area contributed by atoms with Crippen molar-refractivity contribution in [2.75, 3.05) is 25.1 Å². The first-order chi connectivity index (χ1) is 9.19. The summed E-state index contributed by atoms with van der Waals surface area (Å²) in [7, 11) is 3.96. The second-order valence-corrected chi connectivity index (χ2v) is 5.40. The Morgan fingerprint density at radius 1 is 1.42 bits per heavy atom. The molecule has 0 amide bonds. The van der Waals surface area contributed by atoms with Crippen LogP contribution in [0.15, 0.2) is 0 Å². The lowest BCUT2D eigenvalue weighted by Gasteiger charge is -2.31. The van der Waals surface area contributed by atoms with Crippen molar-refractivity contribution in [2.45, 2.75) is 45.2 Å². The topological polar surface area (TPSA) is 53.3 Å². The monoisotopic (exact) mass is 266 g/mol. The third-order valence-electron chi connectivity index (χ3n) is 4.05. The van der Waals surface area contributed by atoms with Gasteiger partial charge in [0.05, 0.1) is 12.3 Å². The molecule has 0 radical (unpaired) electrons. The van der Waals surface area contributed by atoms with Gasteiger partial charge in [-0.1, -0.05) is 12.8 Å². The fraction of sp³-hybridized carbons (Fsp3) is 0.786. The van der Waals surface area contributed by atoms with E-state index in [1.165, 1.54) is 37.1 Å². The summed E-state index contributed by atoms with van der Waals surface area (Å²) in [6, 6.07) is 0.553. The molecule has 0 unspecified atom stereocenters. The summed E-state index contributed by atoms with van der Waals surface area (Å²) in [4.78, 5) is 2.36. The zero-order valence-corrected chi connectivity index (χ0v) is 12.3. The second-order valence-electron chi connectivity index (χ2n) is 5.40. The van der Waals surface area contributed by atoms with Gasteiger partial charge in [-0.3, -0.25) is 4.68 Å². The minimum absolute atomic E-state index is 0.194. The molecule has 1 heterocycles. The molecule has 5 nitrogen and oxygen atoms in total. The number of aromatic nitrogens is 2. The number of nitrogens with one attached hydrogen (secondary N) is 1. The van der Waals surface area contributed by atoms with Gasteiger partial charge in [-0.05, 0) is 26.8 Å². The van der Waals surface area contributed by atoms with Crippen LogP contribution in [0.4, 0.5) is 5.82 Å². The Morgan fingerprint density at radius 2 is 2.11 bits per heavy atom. The zero-order valence-electron chi connectivity index (χ0n) is 12.3. The molecule has 1 fully saturated rings. The smallest absolute Gasteiger partial charge is 0.131 e. The summed E-state index contributed by atoms with van der Waals surface area (Å²) in [5, 5.41) is 17.2. The first kappa shape index (κ1) is 14.3. The normalized spacial score (nSPS) is 16.2. The molecule has 0 bridgehead atoms. The van der Waals surface area contributed by atoms with E-state index in [2.05, 4.69) is 22.2 Å². The fourth-order valence-electron chi connectivity index (χ4n) is 3.22. The highest BCUT2D eigenvalue weighted by Crippen LogP contribution is 2.31. The first-order valence-corrected chi connectivity index (χ1v) is 7.23. The third-order valence-corrected chi connectivity index (χ3v) is 4.05. The van der Waals surface area contributed by atoms with E-state index in [0.29, 0.717) is 12.6 Å². The Labute approximate surface area is 115 Å². The lowest BCUT2D eigenvalue weighted by molar-refractivity contribution is 0.296. The summed E-state index contributed by atoms with van der Waals surface area (Å²) < 4.78 is 1.97. The average molecular weight is 266 g/mol. The maximum atomic E-state index is 9.39. The van der Waals surface area contributed by atoms with Gasteiger partial charge in [-0.15, -0.1) is 0 Å². The van der Waals surface area contributed by atoms with E-state index < -0.39 is 0 Å². The van der Waals surface area contributed by atoms with Gasteiger partial charge < -0.3 is 15.3 Å². The van der Waals surface area contributed by atoms with Crippen molar-refractivity contribution in [3.8, 4) is 0 Å². The average Bonchev–Trinajstić information content (AvgIpc) is 2.98. The number of hydrogen-bond acceptors (Lipinski definition) is 4. The van der Waals surface area contributed by atoms with Gasteiger partial charge in [0.2, 0.25) is 0 Å². The molecule has 0 aromatic carbocycles. The van der Waals surface area contributed by atoms with Crippen molar-refractivity contribution in [3.63, 3.8) is 0 Å². The van der Waals surface area contributed by atoms with Crippen LogP contribution in [0.1, 0.15) is 36.9 Å². The van der Waals surface area contributed by atoms with Gasteiger partial charge in [-0.25, -0.2) is 0 Å². The molecule has 1 aliphatic carbocycles. The van der Waals surface area contributed by atoms with Crippen LogP contribution in [0.3, 0.4) is 0 Å². The van der Waals surface area contributed by atoms with E-state index in [1.807, 2.05) is 18.8 Å². The van der Waals surface area contributed by atoms with Crippen LogP contribution in [0.2, 0.25) is 0 Å². The summed E-state index contributed by atoms with van der Waals surface area (Å²) in [6.07, 6.45) is 5.04. The lowest BCUT2D eigenvalue weighted by Crippen LogP contribution is -2.38. The minimum Gasteiger partial charge on any atom is -0.395 e. The molecule has 0 atom stereocenters. The van der Waals surface area contributed by atoms with Gasteiger partial charge in [0.25, 0.3) is 0 Å². The molecule has 19 heavy (non-hydrogen) atoms. The van der Waals surface area contributed by atoms with Crippen LogP contribution in [0.25, 0.3) is 0 Å². The highest BCUT2D eigenvalue weighted by Gasteiger charge is 2.27. The van der Waals surface area contributed by atoms with Crippen LogP contribution in [-0.4, -0.2) is 41.1 Å². The predicted octanol–water partition coefficient (Wildman–Crippen LogP) is 1.19. The van der Waals surface area contributed by atoms with E-state index in [1.54, 1.807) is 0 Å². The number of aryl methyl sites for hydroxylation is 2. The quantitative estimate of drug-likeness (QED) is 0.812. The van der Waals surface area contributed by atoms with Crippen LogP contribution >= 0.6 is 0 Å². The largest absolute Gasteiger partial charge is 0.395 e. The van der Waals surface area contributed by atoms with Gasteiger partial charge in [-0.2, -0.15) is 5.10 Å². The lowest BCUT2D eigenvalue weighted by atomic mass is 10.1. The Morgan fingerprint density at radius 3 is 2.68 bits per heavy atom. The molecule has 1 aromatic heterocycles. The molecule has 1 aliphatic rings. The maximum Gasteiger partial charge on any atom is 0.131 e. The van der Waals surface area contributed by atoms with Gasteiger partial charge in [0, 0.05) is 31.7 Å². The molecule has 1 aromatic rings. The molecular formula is C14H26N4O. The third kappa shape index (κ3) is 2.92. The predicted molar refractivity (Wildman–Crippen MR) is 77.4 cm³/mol. The summed E-state index contributed by atoms with van der Waals surface area (Å²) >= 11 is 0.